The van der Waals surface area contributed by atoms with Crippen molar-refractivity contribution >= 4 is 17.6 Å². The molecule has 33 heavy (non-hydrogen) atoms. The van der Waals surface area contributed by atoms with Gasteiger partial charge in [0.1, 0.15) is 5.69 Å². The number of piperidine rings is 1. The minimum atomic E-state index is -0.162. The maximum Gasteiger partial charge on any atom is 0.321 e. The summed E-state index contributed by atoms with van der Waals surface area (Å²) in [6, 6.07) is 12.3. The number of nitrogens with one attached hydrogen (secondary N) is 2. The standard InChI is InChI=1S/C24H28N6O3/c1-16(2)15-26-22(31)17-6-8-19(9-7-17)27-24(32)30-13-10-18(11-14-30)23-28-21(29-33-23)20-5-3-4-12-25-20/h3-9,12,16,18H,10-11,13-15H2,1-2H3,(H,26,31)(H,27,32). The van der Waals surface area contributed by atoms with Gasteiger partial charge < -0.3 is 20.1 Å². The molecule has 0 unspecified atom stereocenters. The molecule has 2 N–H and O–H groups in total. The van der Waals surface area contributed by atoms with Crippen LogP contribution in [0.15, 0.2) is 53.2 Å². The molecule has 0 radical (unpaired) electrons. The van der Waals surface area contributed by atoms with Crippen molar-refractivity contribution in [2.45, 2.75) is 32.6 Å². The van der Waals surface area contributed by atoms with Crippen LogP contribution in [0.5, 0.6) is 0 Å². The molecule has 0 bridgehead atoms. The van der Waals surface area contributed by atoms with Gasteiger partial charge in [0.25, 0.3) is 5.91 Å². The van der Waals surface area contributed by atoms with Crippen molar-refractivity contribution in [3.05, 3.63) is 60.1 Å². The molecule has 4 rings (SSSR count). The monoisotopic (exact) mass is 448 g/mol. The van der Waals surface area contributed by atoms with Crippen LogP contribution in [-0.2, 0) is 0 Å². The summed E-state index contributed by atoms with van der Waals surface area (Å²) in [5.74, 6) is 1.45. The summed E-state index contributed by atoms with van der Waals surface area (Å²) in [7, 11) is 0. The molecule has 0 atom stereocenters. The van der Waals surface area contributed by atoms with E-state index in [1.165, 1.54) is 0 Å². The Morgan fingerprint density at radius 2 is 1.88 bits per heavy atom. The molecule has 2 aromatic heterocycles. The van der Waals surface area contributed by atoms with E-state index in [1.54, 1.807) is 35.4 Å². The van der Waals surface area contributed by atoms with E-state index in [0.29, 0.717) is 54.2 Å². The van der Waals surface area contributed by atoms with Gasteiger partial charge in [-0.3, -0.25) is 9.78 Å². The van der Waals surface area contributed by atoms with E-state index < -0.39 is 0 Å². The number of urea groups is 1. The lowest BCUT2D eigenvalue weighted by molar-refractivity contribution is 0.0949. The zero-order valence-corrected chi connectivity index (χ0v) is 18.8. The second kappa shape index (κ2) is 10.2. The third kappa shape index (κ3) is 5.74. The minimum Gasteiger partial charge on any atom is -0.352 e. The van der Waals surface area contributed by atoms with E-state index in [1.807, 2.05) is 32.0 Å². The third-order valence-corrected chi connectivity index (χ3v) is 5.54. The lowest BCUT2D eigenvalue weighted by Crippen LogP contribution is -2.40. The fourth-order valence-corrected chi connectivity index (χ4v) is 3.64. The highest BCUT2D eigenvalue weighted by Crippen LogP contribution is 2.28. The molecule has 3 amide bonds. The van der Waals surface area contributed by atoms with Crippen molar-refractivity contribution in [1.29, 1.82) is 0 Å². The van der Waals surface area contributed by atoms with Crippen molar-refractivity contribution in [3.63, 3.8) is 0 Å². The van der Waals surface area contributed by atoms with Crippen LogP contribution in [-0.4, -0.2) is 51.6 Å². The van der Waals surface area contributed by atoms with Crippen LogP contribution < -0.4 is 10.6 Å². The van der Waals surface area contributed by atoms with Crippen LogP contribution in [0.1, 0.15) is 48.9 Å². The summed E-state index contributed by atoms with van der Waals surface area (Å²) in [4.78, 5) is 35.3. The normalized spacial score (nSPS) is 14.3. The van der Waals surface area contributed by atoms with Crippen LogP contribution >= 0.6 is 0 Å². The Balaban J connectivity index is 1.27. The molecule has 0 spiro atoms. The van der Waals surface area contributed by atoms with Gasteiger partial charge in [0.05, 0.1) is 0 Å². The first kappa shape index (κ1) is 22.4. The summed E-state index contributed by atoms with van der Waals surface area (Å²) in [5.41, 5.74) is 1.89. The maximum absolute atomic E-state index is 12.7. The Kier molecular flexibility index (Phi) is 6.97. The van der Waals surface area contributed by atoms with Gasteiger partial charge >= 0.3 is 6.03 Å². The van der Waals surface area contributed by atoms with Gasteiger partial charge in [0, 0.05) is 43.0 Å². The van der Waals surface area contributed by atoms with Gasteiger partial charge in [0.2, 0.25) is 11.7 Å². The van der Waals surface area contributed by atoms with Gasteiger partial charge in [-0.15, -0.1) is 0 Å². The molecular formula is C24H28N6O3. The van der Waals surface area contributed by atoms with E-state index in [4.69, 9.17) is 4.52 Å². The topological polar surface area (TPSA) is 113 Å². The average molecular weight is 449 g/mol. The molecule has 9 nitrogen and oxygen atoms in total. The number of hydrogen-bond donors (Lipinski definition) is 2. The van der Waals surface area contributed by atoms with Crippen molar-refractivity contribution in [3.8, 4) is 11.5 Å². The molecule has 9 heteroatoms. The van der Waals surface area contributed by atoms with Crippen LogP contribution in [0.3, 0.4) is 0 Å². The quantitative estimate of drug-likeness (QED) is 0.591. The number of amides is 3. The first-order chi connectivity index (χ1) is 16.0. The number of pyridine rings is 1. The number of hydrogen-bond acceptors (Lipinski definition) is 6. The fraction of sp³-hybridized carbons (Fsp3) is 0.375. The van der Waals surface area contributed by atoms with Gasteiger partial charge in [-0.2, -0.15) is 4.98 Å². The summed E-state index contributed by atoms with van der Waals surface area (Å²) < 4.78 is 5.46. The zero-order chi connectivity index (χ0) is 23.2. The highest BCUT2D eigenvalue weighted by molar-refractivity contribution is 5.95. The number of benzene rings is 1. The van der Waals surface area contributed by atoms with E-state index >= 15 is 0 Å². The number of rotatable bonds is 6. The predicted molar refractivity (Wildman–Crippen MR) is 124 cm³/mol. The van der Waals surface area contributed by atoms with E-state index in [9.17, 15) is 9.59 Å². The second-order valence-corrected chi connectivity index (χ2v) is 8.54. The minimum absolute atomic E-state index is 0.114. The number of likely N-dealkylation sites (tertiary alicyclic amines) is 1. The molecule has 1 aliphatic heterocycles. The smallest absolute Gasteiger partial charge is 0.321 e. The molecular weight excluding hydrogens is 420 g/mol. The SMILES string of the molecule is CC(C)CNC(=O)c1ccc(NC(=O)N2CCC(c3nc(-c4ccccn4)no3)CC2)cc1. The molecule has 3 aromatic rings. The third-order valence-electron chi connectivity index (χ3n) is 5.54. The van der Waals surface area contributed by atoms with Gasteiger partial charge in [0.15, 0.2) is 0 Å². The molecule has 0 saturated carbocycles. The lowest BCUT2D eigenvalue weighted by Gasteiger charge is -2.30. The molecule has 0 aliphatic carbocycles. The molecule has 1 aliphatic rings. The Labute approximate surface area is 192 Å². The number of carbonyl (C=O) groups is 2. The summed E-state index contributed by atoms with van der Waals surface area (Å²) in [6.45, 7) is 5.90. The first-order valence-electron chi connectivity index (χ1n) is 11.2. The number of anilines is 1. The lowest BCUT2D eigenvalue weighted by atomic mass is 9.97. The number of carbonyl (C=O) groups excluding carboxylic acids is 2. The van der Waals surface area contributed by atoms with E-state index in [-0.39, 0.29) is 17.9 Å². The molecule has 1 aromatic carbocycles. The van der Waals surface area contributed by atoms with Crippen molar-refractivity contribution in [2.75, 3.05) is 25.0 Å². The van der Waals surface area contributed by atoms with Crippen LogP contribution in [0.4, 0.5) is 10.5 Å². The van der Waals surface area contributed by atoms with Crippen molar-refractivity contribution in [2.24, 2.45) is 5.92 Å². The average Bonchev–Trinajstić information content (AvgIpc) is 3.34. The van der Waals surface area contributed by atoms with Crippen LogP contribution in [0.2, 0.25) is 0 Å². The number of aromatic nitrogens is 3. The summed E-state index contributed by atoms with van der Waals surface area (Å²) in [5, 5.41) is 9.83. The van der Waals surface area contributed by atoms with Crippen LogP contribution in [0, 0.1) is 5.92 Å². The summed E-state index contributed by atoms with van der Waals surface area (Å²) in [6.07, 6.45) is 3.18. The van der Waals surface area contributed by atoms with E-state index in [2.05, 4.69) is 25.8 Å². The Morgan fingerprint density at radius 1 is 1.12 bits per heavy atom. The predicted octanol–water partition coefficient (Wildman–Crippen LogP) is 3.93. The largest absolute Gasteiger partial charge is 0.352 e. The van der Waals surface area contributed by atoms with Crippen molar-refractivity contribution in [1.82, 2.24) is 25.3 Å². The molecule has 1 fully saturated rings. The molecule has 3 heterocycles. The first-order valence-corrected chi connectivity index (χ1v) is 11.2. The summed E-state index contributed by atoms with van der Waals surface area (Å²) >= 11 is 0. The highest BCUT2D eigenvalue weighted by Gasteiger charge is 2.28. The van der Waals surface area contributed by atoms with E-state index in [0.717, 1.165) is 12.8 Å². The maximum atomic E-state index is 12.7. The Hall–Kier alpha value is -3.75. The second-order valence-electron chi connectivity index (χ2n) is 8.54. The zero-order valence-electron chi connectivity index (χ0n) is 18.8. The van der Waals surface area contributed by atoms with Gasteiger partial charge in [-0.1, -0.05) is 25.1 Å². The fourth-order valence-electron chi connectivity index (χ4n) is 3.64. The van der Waals surface area contributed by atoms with Gasteiger partial charge in [-0.25, -0.2) is 4.79 Å². The Morgan fingerprint density at radius 3 is 2.55 bits per heavy atom. The number of nitrogens with zero attached hydrogens (tertiary/aromatic N) is 4. The van der Waals surface area contributed by atoms with Gasteiger partial charge in [-0.05, 0) is 55.2 Å². The molecule has 1 saturated heterocycles. The molecule has 172 valence electrons. The van der Waals surface area contributed by atoms with Crippen molar-refractivity contribution < 1.29 is 14.1 Å². The van der Waals surface area contributed by atoms with Crippen LogP contribution in [0.25, 0.3) is 11.5 Å². The Bertz CT molecular complexity index is 1070. The highest BCUT2D eigenvalue weighted by atomic mass is 16.5.